The number of rotatable bonds is 6. The zero-order valence-electron chi connectivity index (χ0n) is 14.6. The van der Waals surface area contributed by atoms with Crippen molar-refractivity contribution >= 4 is 15.9 Å². The summed E-state index contributed by atoms with van der Waals surface area (Å²) in [5.74, 6) is 5.86. The van der Waals surface area contributed by atoms with Gasteiger partial charge in [0.05, 0.1) is 5.75 Å². The van der Waals surface area contributed by atoms with Gasteiger partial charge >= 0.3 is 6.09 Å². The highest BCUT2D eigenvalue weighted by molar-refractivity contribution is 7.89. The molecule has 0 aromatic heterocycles. The molecule has 2 aromatic carbocycles. The Morgan fingerprint density at radius 3 is 2.50 bits per heavy atom. The van der Waals surface area contributed by atoms with Crippen molar-refractivity contribution in [3.8, 4) is 11.8 Å². The molecule has 26 heavy (non-hydrogen) atoms. The lowest BCUT2D eigenvalue weighted by molar-refractivity contribution is 0.140. The summed E-state index contributed by atoms with van der Waals surface area (Å²) in [6.45, 7) is 0.575. The van der Waals surface area contributed by atoms with E-state index in [1.54, 1.807) is 18.2 Å². The van der Waals surface area contributed by atoms with Crippen molar-refractivity contribution in [2.45, 2.75) is 18.8 Å². The monoisotopic (exact) mass is 371 g/mol. The SMILES string of the molecule is CS(=O)(=O)Cc1ccccc1C#CCCNC(=O)OCc1ccccc1. The zero-order chi connectivity index (χ0) is 18.8. The highest BCUT2D eigenvalue weighted by atomic mass is 32.2. The summed E-state index contributed by atoms with van der Waals surface area (Å²) in [7, 11) is -3.12. The Morgan fingerprint density at radius 1 is 1.08 bits per heavy atom. The van der Waals surface area contributed by atoms with Gasteiger partial charge in [0.1, 0.15) is 6.61 Å². The number of carbonyl (C=O) groups excluding carboxylic acids is 1. The van der Waals surface area contributed by atoms with Crippen molar-refractivity contribution in [2.75, 3.05) is 12.8 Å². The van der Waals surface area contributed by atoms with Crippen molar-refractivity contribution < 1.29 is 17.9 Å². The van der Waals surface area contributed by atoms with Crippen LogP contribution in [0.25, 0.3) is 0 Å². The number of benzene rings is 2. The van der Waals surface area contributed by atoms with Gasteiger partial charge in [-0.1, -0.05) is 60.4 Å². The molecular formula is C20H21NO4S. The van der Waals surface area contributed by atoms with E-state index in [-0.39, 0.29) is 12.4 Å². The third-order valence-electron chi connectivity index (χ3n) is 3.39. The van der Waals surface area contributed by atoms with Gasteiger partial charge in [0.2, 0.25) is 0 Å². The summed E-state index contributed by atoms with van der Waals surface area (Å²) >= 11 is 0. The molecule has 0 fully saturated rings. The number of ether oxygens (including phenoxy) is 1. The minimum absolute atomic E-state index is 0.0398. The molecule has 0 saturated heterocycles. The first-order valence-corrected chi connectivity index (χ1v) is 10.2. The van der Waals surface area contributed by atoms with Crippen molar-refractivity contribution in [2.24, 2.45) is 0 Å². The maximum Gasteiger partial charge on any atom is 0.407 e. The number of hydrogen-bond donors (Lipinski definition) is 1. The van der Waals surface area contributed by atoms with Crippen LogP contribution in [-0.2, 0) is 26.9 Å². The van der Waals surface area contributed by atoms with E-state index in [0.29, 0.717) is 24.1 Å². The van der Waals surface area contributed by atoms with Crippen molar-refractivity contribution in [3.05, 3.63) is 71.3 Å². The van der Waals surface area contributed by atoms with Gasteiger partial charge < -0.3 is 10.1 Å². The summed E-state index contributed by atoms with van der Waals surface area (Å²) in [5, 5.41) is 2.63. The lowest BCUT2D eigenvalue weighted by Crippen LogP contribution is -2.24. The maximum absolute atomic E-state index is 11.6. The maximum atomic E-state index is 11.6. The van der Waals surface area contributed by atoms with Gasteiger partial charge in [-0.3, -0.25) is 0 Å². The van der Waals surface area contributed by atoms with Crippen LogP contribution < -0.4 is 5.32 Å². The molecule has 0 bridgehead atoms. The van der Waals surface area contributed by atoms with Crippen LogP contribution in [0.3, 0.4) is 0 Å². The second kappa shape index (κ2) is 9.64. The van der Waals surface area contributed by atoms with Crippen LogP contribution in [-0.4, -0.2) is 27.3 Å². The van der Waals surface area contributed by atoms with E-state index in [1.165, 1.54) is 6.26 Å². The number of nitrogens with one attached hydrogen (secondary N) is 1. The van der Waals surface area contributed by atoms with E-state index < -0.39 is 15.9 Å². The van der Waals surface area contributed by atoms with E-state index in [0.717, 1.165) is 5.56 Å². The van der Waals surface area contributed by atoms with Crippen molar-refractivity contribution in [1.82, 2.24) is 5.32 Å². The standard InChI is InChI=1S/C20H21NO4S/c1-26(23,24)16-19-13-6-5-11-18(19)12-7-8-14-21-20(22)25-15-17-9-3-2-4-10-17/h2-6,9-11,13H,8,14-16H2,1H3,(H,21,22). The molecule has 2 aromatic rings. The summed E-state index contributed by atoms with van der Waals surface area (Å²) in [5.41, 5.74) is 2.28. The second-order valence-corrected chi connectivity index (χ2v) is 7.91. The molecule has 1 N–H and O–H groups in total. The molecule has 0 aliphatic heterocycles. The molecular weight excluding hydrogens is 350 g/mol. The van der Waals surface area contributed by atoms with Crippen LogP contribution in [0.15, 0.2) is 54.6 Å². The summed E-state index contributed by atoms with van der Waals surface area (Å²) in [6, 6.07) is 16.6. The smallest absolute Gasteiger partial charge is 0.407 e. The van der Waals surface area contributed by atoms with Gasteiger partial charge in [0.15, 0.2) is 9.84 Å². The van der Waals surface area contributed by atoms with Gasteiger partial charge in [0, 0.05) is 24.8 Å². The lowest BCUT2D eigenvalue weighted by Gasteiger charge is -2.05. The van der Waals surface area contributed by atoms with Crippen LogP contribution in [0, 0.1) is 11.8 Å². The van der Waals surface area contributed by atoms with Crippen molar-refractivity contribution in [1.29, 1.82) is 0 Å². The normalized spacial score (nSPS) is 10.5. The Kier molecular flexibility index (Phi) is 7.24. The van der Waals surface area contributed by atoms with Crippen LogP contribution >= 0.6 is 0 Å². The fraction of sp³-hybridized carbons (Fsp3) is 0.250. The molecule has 136 valence electrons. The quantitative estimate of drug-likeness (QED) is 0.626. The predicted molar refractivity (Wildman–Crippen MR) is 101 cm³/mol. The molecule has 0 heterocycles. The van der Waals surface area contributed by atoms with E-state index >= 15 is 0 Å². The van der Waals surface area contributed by atoms with Crippen LogP contribution in [0.5, 0.6) is 0 Å². The lowest BCUT2D eigenvalue weighted by atomic mass is 10.1. The average Bonchev–Trinajstić information content (AvgIpc) is 2.60. The number of sulfone groups is 1. The summed E-state index contributed by atoms with van der Waals surface area (Å²) in [4.78, 5) is 11.6. The second-order valence-electron chi connectivity index (χ2n) is 5.77. The first-order valence-electron chi connectivity index (χ1n) is 8.13. The van der Waals surface area contributed by atoms with Gasteiger partial charge in [-0.05, 0) is 17.2 Å². The number of carbonyl (C=O) groups is 1. The molecule has 0 aliphatic carbocycles. The first-order chi connectivity index (χ1) is 12.4. The molecule has 6 heteroatoms. The van der Waals surface area contributed by atoms with Crippen LogP contribution in [0.4, 0.5) is 4.79 Å². The van der Waals surface area contributed by atoms with Gasteiger partial charge in [0.25, 0.3) is 0 Å². The molecule has 1 amide bonds. The van der Waals surface area contributed by atoms with Gasteiger partial charge in [-0.25, -0.2) is 13.2 Å². The minimum Gasteiger partial charge on any atom is -0.445 e. The van der Waals surface area contributed by atoms with E-state index in [1.807, 2.05) is 36.4 Å². The largest absolute Gasteiger partial charge is 0.445 e. The Labute approximate surface area is 154 Å². The Hall–Kier alpha value is -2.78. The highest BCUT2D eigenvalue weighted by Gasteiger charge is 2.07. The Morgan fingerprint density at radius 2 is 1.77 bits per heavy atom. The molecule has 0 saturated carbocycles. The Balaban J connectivity index is 1.78. The van der Waals surface area contributed by atoms with Gasteiger partial charge in [-0.2, -0.15) is 0 Å². The third kappa shape index (κ3) is 7.41. The van der Waals surface area contributed by atoms with E-state index in [9.17, 15) is 13.2 Å². The number of hydrogen-bond acceptors (Lipinski definition) is 4. The molecule has 0 spiro atoms. The molecule has 0 aliphatic rings. The van der Waals surface area contributed by atoms with E-state index in [4.69, 9.17) is 4.74 Å². The molecule has 0 radical (unpaired) electrons. The third-order valence-corrected chi connectivity index (χ3v) is 4.23. The van der Waals surface area contributed by atoms with Crippen molar-refractivity contribution in [3.63, 3.8) is 0 Å². The van der Waals surface area contributed by atoms with Gasteiger partial charge in [-0.15, -0.1) is 0 Å². The number of amides is 1. The first kappa shape index (κ1) is 19.5. The topological polar surface area (TPSA) is 72.5 Å². The zero-order valence-corrected chi connectivity index (χ0v) is 15.4. The highest BCUT2D eigenvalue weighted by Crippen LogP contribution is 2.10. The molecule has 0 atom stereocenters. The molecule has 0 unspecified atom stereocenters. The van der Waals surface area contributed by atoms with Crippen LogP contribution in [0.2, 0.25) is 0 Å². The number of alkyl carbamates (subject to hydrolysis) is 1. The summed E-state index contributed by atoms with van der Waals surface area (Å²) in [6.07, 6.45) is 1.14. The fourth-order valence-electron chi connectivity index (χ4n) is 2.21. The van der Waals surface area contributed by atoms with Crippen LogP contribution in [0.1, 0.15) is 23.1 Å². The Bertz CT molecular complexity index is 896. The minimum atomic E-state index is -3.12. The summed E-state index contributed by atoms with van der Waals surface area (Å²) < 4.78 is 28.0. The van der Waals surface area contributed by atoms with E-state index in [2.05, 4.69) is 17.2 Å². The fourth-order valence-corrected chi connectivity index (χ4v) is 3.03. The predicted octanol–water partition coefficient (Wildman–Crippen LogP) is 2.90. The molecule has 2 rings (SSSR count). The molecule has 5 nitrogen and oxygen atoms in total. The average molecular weight is 371 g/mol.